The maximum atomic E-state index is 12.7. The van der Waals surface area contributed by atoms with Crippen LogP contribution in [0.5, 0.6) is 0 Å². The Hall–Kier alpha value is -3.39. The van der Waals surface area contributed by atoms with Gasteiger partial charge in [0.05, 0.1) is 30.6 Å². The third kappa shape index (κ3) is 4.89. The number of para-hydroxylation sites is 1. The van der Waals surface area contributed by atoms with E-state index in [4.69, 9.17) is 9.47 Å². The zero-order chi connectivity index (χ0) is 24.4. The largest absolute Gasteiger partial charge is 0.465 e. The first-order valence-corrected chi connectivity index (χ1v) is 12.3. The fraction of sp³-hybridized carbons (Fsp3) is 0.444. The van der Waals surface area contributed by atoms with Crippen molar-refractivity contribution >= 4 is 29.3 Å². The van der Waals surface area contributed by atoms with E-state index in [1.54, 1.807) is 24.3 Å². The van der Waals surface area contributed by atoms with Crippen LogP contribution < -0.4 is 10.2 Å². The van der Waals surface area contributed by atoms with Crippen molar-refractivity contribution in [1.82, 2.24) is 4.90 Å². The van der Waals surface area contributed by atoms with Gasteiger partial charge < -0.3 is 14.8 Å². The van der Waals surface area contributed by atoms with Crippen LogP contribution in [0.3, 0.4) is 0 Å². The number of hydrogen-bond acceptors (Lipinski definition) is 6. The van der Waals surface area contributed by atoms with Crippen LogP contribution in [0.2, 0.25) is 0 Å². The molecule has 0 radical (unpaired) electrons. The molecule has 1 N–H and O–H groups in total. The van der Waals surface area contributed by atoms with Crippen molar-refractivity contribution in [1.29, 1.82) is 0 Å². The summed E-state index contributed by atoms with van der Waals surface area (Å²) in [5.41, 5.74) is 4.15. The topological polar surface area (TPSA) is 88.2 Å². The van der Waals surface area contributed by atoms with Crippen molar-refractivity contribution in [2.75, 3.05) is 37.0 Å². The van der Waals surface area contributed by atoms with Gasteiger partial charge in [-0.3, -0.25) is 14.6 Å². The van der Waals surface area contributed by atoms with Gasteiger partial charge in [0.1, 0.15) is 6.61 Å². The van der Waals surface area contributed by atoms with Crippen molar-refractivity contribution in [2.45, 2.75) is 50.7 Å². The van der Waals surface area contributed by atoms with Gasteiger partial charge in [0.25, 0.3) is 0 Å². The molecule has 1 saturated carbocycles. The average Bonchev–Trinajstić information content (AvgIpc) is 2.83. The number of nitrogens with zero attached hydrogens (tertiary/aromatic N) is 2. The van der Waals surface area contributed by atoms with Crippen LogP contribution in [-0.2, 0) is 20.9 Å². The van der Waals surface area contributed by atoms with Gasteiger partial charge in [-0.15, -0.1) is 0 Å². The summed E-state index contributed by atoms with van der Waals surface area (Å²) in [6, 6.07) is 13.3. The van der Waals surface area contributed by atoms with Crippen molar-refractivity contribution in [3.05, 3.63) is 59.2 Å². The molecule has 0 atom stereocenters. The van der Waals surface area contributed by atoms with Gasteiger partial charge in [-0.2, -0.15) is 0 Å². The summed E-state index contributed by atoms with van der Waals surface area (Å²) in [6.45, 7) is 1.93. The number of ether oxygens (including phenoxy) is 2. The zero-order valence-corrected chi connectivity index (χ0v) is 20.0. The molecule has 1 aliphatic carbocycles. The quantitative estimate of drug-likeness (QED) is 0.624. The number of likely N-dealkylation sites (tertiary alicyclic amines) is 1. The molecule has 2 fully saturated rings. The van der Waals surface area contributed by atoms with Crippen molar-refractivity contribution in [2.24, 2.45) is 0 Å². The Kier molecular flexibility index (Phi) is 6.72. The molecular weight excluding hydrogens is 446 g/mol. The molecule has 8 heteroatoms. The first kappa shape index (κ1) is 23.4. The molecule has 8 nitrogen and oxygen atoms in total. The van der Waals surface area contributed by atoms with E-state index in [0.717, 1.165) is 24.1 Å². The Morgan fingerprint density at radius 1 is 1.09 bits per heavy atom. The standard InChI is InChI=1S/C27H31N3O5/c1-34-26(32)22-7-2-3-8-23(22)28-25(31)16-29-13-11-21(12-14-29)30-24-10-9-19(18-5-4-6-18)15-20(24)17-35-27(30)33/h2-3,7-10,15,18,21H,4-6,11-14,16-17H2,1H3,(H,28,31). The highest BCUT2D eigenvalue weighted by Crippen LogP contribution is 2.40. The number of amides is 2. The van der Waals surface area contributed by atoms with Crippen LogP contribution in [0.15, 0.2) is 42.5 Å². The Morgan fingerprint density at radius 3 is 2.57 bits per heavy atom. The van der Waals surface area contributed by atoms with Gasteiger partial charge in [-0.05, 0) is 55.4 Å². The van der Waals surface area contributed by atoms with Crippen molar-refractivity contribution in [3.63, 3.8) is 0 Å². The number of methoxy groups -OCH3 is 1. The lowest BCUT2D eigenvalue weighted by Crippen LogP contribution is -2.50. The normalized spacial score (nSPS) is 18.9. The molecule has 2 amide bonds. The van der Waals surface area contributed by atoms with Gasteiger partial charge in [0, 0.05) is 24.7 Å². The molecule has 0 aromatic heterocycles. The van der Waals surface area contributed by atoms with Gasteiger partial charge >= 0.3 is 12.1 Å². The predicted molar refractivity (Wildman–Crippen MR) is 132 cm³/mol. The van der Waals surface area contributed by atoms with E-state index in [0.29, 0.717) is 36.9 Å². The van der Waals surface area contributed by atoms with Crippen LogP contribution in [0.1, 0.15) is 59.5 Å². The van der Waals surface area contributed by atoms with Crippen molar-refractivity contribution in [3.8, 4) is 0 Å². The highest BCUT2D eigenvalue weighted by molar-refractivity contribution is 6.01. The number of carbonyl (C=O) groups excluding carboxylic acids is 3. The number of nitrogens with one attached hydrogen (secondary N) is 1. The molecule has 5 rings (SSSR count). The summed E-state index contributed by atoms with van der Waals surface area (Å²) in [5.74, 6) is -0.0402. The molecule has 2 heterocycles. The third-order valence-electron chi connectivity index (χ3n) is 7.38. The Balaban J connectivity index is 1.19. The molecule has 1 saturated heterocycles. The second kappa shape index (κ2) is 10.1. The molecule has 2 aliphatic heterocycles. The molecule has 2 aromatic rings. The Labute approximate surface area is 205 Å². The smallest absolute Gasteiger partial charge is 0.414 e. The van der Waals surface area contributed by atoms with Gasteiger partial charge in [-0.1, -0.05) is 30.7 Å². The van der Waals surface area contributed by atoms with E-state index in [1.807, 2.05) is 4.90 Å². The van der Waals surface area contributed by atoms with Crippen molar-refractivity contribution < 1.29 is 23.9 Å². The first-order chi connectivity index (χ1) is 17.0. The second-order valence-corrected chi connectivity index (χ2v) is 9.53. The maximum Gasteiger partial charge on any atom is 0.414 e. The van der Waals surface area contributed by atoms with Gasteiger partial charge in [0.15, 0.2) is 0 Å². The summed E-state index contributed by atoms with van der Waals surface area (Å²) >= 11 is 0. The van der Waals surface area contributed by atoms with Crippen LogP contribution >= 0.6 is 0 Å². The zero-order valence-electron chi connectivity index (χ0n) is 20.0. The molecular formula is C27H31N3O5. The molecule has 0 unspecified atom stereocenters. The number of rotatable bonds is 6. The van der Waals surface area contributed by atoms with Crippen LogP contribution in [0, 0.1) is 0 Å². The minimum atomic E-state index is -0.491. The Morgan fingerprint density at radius 2 is 1.86 bits per heavy atom. The molecule has 184 valence electrons. The minimum Gasteiger partial charge on any atom is -0.465 e. The van der Waals surface area contributed by atoms with E-state index >= 15 is 0 Å². The number of anilines is 2. The number of cyclic esters (lactones) is 1. The summed E-state index contributed by atoms with van der Waals surface area (Å²) in [5, 5.41) is 2.83. The number of piperidine rings is 1. The maximum absolute atomic E-state index is 12.7. The number of fused-ring (bicyclic) bond motifs is 1. The molecule has 3 aliphatic rings. The SMILES string of the molecule is COC(=O)c1ccccc1NC(=O)CN1CCC(N2C(=O)OCc3cc(C4CCC4)ccc32)CC1. The lowest BCUT2D eigenvalue weighted by molar-refractivity contribution is -0.117. The average molecular weight is 478 g/mol. The summed E-state index contributed by atoms with van der Waals surface area (Å²) in [4.78, 5) is 41.2. The number of carbonyl (C=O) groups is 3. The van der Waals surface area contributed by atoms with Crippen LogP contribution in [0.4, 0.5) is 16.2 Å². The lowest BCUT2D eigenvalue weighted by Gasteiger charge is -2.40. The lowest BCUT2D eigenvalue weighted by atomic mass is 9.79. The fourth-order valence-corrected chi connectivity index (χ4v) is 5.21. The fourth-order valence-electron chi connectivity index (χ4n) is 5.21. The van der Waals surface area contributed by atoms with Gasteiger partial charge in [0.2, 0.25) is 5.91 Å². The molecule has 2 aromatic carbocycles. The first-order valence-electron chi connectivity index (χ1n) is 12.3. The summed E-state index contributed by atoms with van der Waals surface area (Å²) in [6.07, 6.45) is 4.99. The highest BCUT2D eigenvalue weighted by atomic mass is 16.6. The minimum absolute atomic E-state index is 0.0375. The number of esters is 1. The third-order valence-corrected chi connectivity index (χ3v) is 7.38. The highest BCUT2D eigenvalue weighted by Gasteiger charge is 2.35. The predicted octanol–water partition coefficient (Wildman–Crippen LogP) is 4.30. The number of benzene rings is 2. The van der Waals surface area contributed by atoms with E-state index < -0.39 is 5.97 Å². The molecule has 0 spiro atoms. The van der Waals surface area contributed by atoms with E-state index in [-0.39, 0.29) is 24.6 Å². The Bertz CT molecular complexity index is 1120. The van der Waals surface area contributed by atoms with Crippen LogP contribution in [0.25, 0.3) is 0 Å². The van der Waals surface area contributed by atoms with Gasteiger partial charge in [-0.25, -0.2) is 9.59 Å². The van der Waals surface area contributed by atoms with Crippen LogP contribution in [-0.4, -0.2) is 55.7 Å². The van der Waals surface area contributed by atoms with E-state index in [2.05, 4.69) is 28.4 Å². The summed E-state index contributed by atoms with van der Waals surface area (Å²) in [7, 11) is 1.31. The molecule has 35 heavy (non-hydrogen) atoms. The number of hydrogen-bond donors (Lipinski definition) is 1. The van der Waals surface area contributed by atoms with E-state index in [9.17, 15) is 14.4 Å². The second-order valence-electron chi connectivity index (χ2n) is 9.53. The monoisotopic (exact) mass is 477 g/mol. The molecule has 0 bridgehead atoms. The van der Waals surface area contributed by atoms with E-state index in [1.165, 1.54) is 31.9 Å². The summed E-state index contributed by atoms with van der Waals surface area (Å²) < 4.78 is 10.3.